The van der Waals surface area contributed by atoms with Crippen molar-refractivity contribution in [3.05, 3.63) is 60.2 Å². The van der Waals surface area contributed by atoms with Crippen molar-refractivity contribution in [3.8, 4) is 11.1 Å². The van der Waals surface area contributed by atoms with Gasteiger partial charge in [0, 0.05) is 12.6 Å². The highest BCUT2D eigenvalue weighted by Crippen LogP contribution is 2.20. The van der Waals surface area contributed by atoms with Gasteiger partial charge in [-0.2, -0.15) is 0 Å². The van der Waals surface area contributed by atoms with Gasteiger partial charge in [0.1, 0.15) is 6.54 Å². The zero-order valence-electron chi connectivity index (χ0n) is 14.0. The Morgan fingerprint density at radius 3 is 2.32 bits per heavy atom. The molecule has 0 saturated carbocycles. The third-order valence-corrected chi connectivity index (χ3v) is 4.52. The second-order valence-corrected chi connectivity index (χ2v) is 6.30. The number of benzene rings is 2. The van der Waals surface area contributed by atoms with Gasteiger partial charge in [-0.1, -0.05) is 54.6 Å². The number of hydrogen-bond donors (Lipinski definition) is 2. The summed E-state index contributed by atoms with van der Waals surface area (Å²) >= 11 is 0. The van der Waals surface area contributed by atoms with E-state index in [1.807, 2.05) is 54.6 Å². The molecule has 0 aliphatic carbocycles. The van der Waals surface area contributed by atoms with Gasteiger partial charge in [0.25, 0.3) is 0 Å². The molecule has 5 nitrogen and oxygen atoms in total. The number of aliphatic carboxylic acids is 1. The molecular formula is C20H22N2O3. The Morgan fingerprint density at radius 2 is 1.72 bits per heavy atom. The molecule has 1 aliphatic heterocycles. The van der Waals surface area contributed by atoms with Crippen LogP contribution in [-0.4, -0.2) is 47.6 Å². The number of carboxylic acids is 1. The van der Waals surface area contributed by atoms with Crippen molar-refractivity contribution in [2.75, 3.05) is 19.6 Å². The summed E-state index contributed by atoms with van der Waals surface area (Å²) in [7, 11) is 0. The van der Waals surface area contributed by atoms with Crippen LogP contribution < -0.4 is 5.32 Å². The molecule has 5 heteroatoms. The van der Waals surface area contributed by atoms with E-state index in [4.69, 9.17) is 5.11 Å². The summed E-state index contributed by atoms with van der Waals surface area (Å²) in [4.78, 5) is 25.2. The van der Waals surface area contributed by atoms with Gasteiger partial charge >= 0.3 is 5.97 Å². The topological polar surface area (TPSA) is 69.6 Å². The van der Waals surface area contributed by atoms with Crippen molar-refractivity contribution in [1.82, 2.24) is 10.2 Å². The van der Waals surface area contributed by atoms with E-state index in [-0.39, 0.29) is 24.9 Å². The number of rotatable bonds is 6. The van der Waals surface area contributed by atoms with Gasteiger partial charge in [-0.05, 0) is 29.7 Å². The van der Waals surface area contributed by atoms with Crippen molar-refractivity contribution in [2.24, 2.45) is 0 Å². The summed E-state index contributed by atoms with van der Waals surface area (Å²) in [5.74, 6) is -1.11. The molecule has 0 aromatic heterocycles. The van der Waals surface area contributed by atoms with Crippen molar-refractivity contribution in [1.29, 1.82) is 0 Å². The molecule has 1 amide bonds. The van der Waals surface area contributed by atoms with Gasteiger partial charge in [0.15, 0.2) is 0 Å². The smallest absolute Gasteiger partial charge is 0.323 e. The van der Waals surface area contributed by atoms with Gasteiger partial charge in [0.2, 0.25) is 5.91 Å². The number of carbonyl (C=O) groups excluding carboxylic acids is 1. The van der Waals surface area contributed by atoms with Crippen molar-refractivity contribution in [2.45, 2.75) is 18.9 Å². The Balaban J connectivity index is 1.69. The molecule has 0 spiro atoms. The molecule has 2 aromatic rings. The quantitative estimate of drug-likeness (QED) is 0.847. The highest BCUT2D eigenvalue weighted by Gasteiger charge is 2.28. The van der Waals surface area contributed by atoms with Gasteiger partial charge in [-0.25, -0.2) is 0 Å². The first-order valence-corrected chi connectivity index (χ1v) is 8.50. The van der Waals surface area contributed by atoms with E-state index >= 15 is 0 Å². The number of nitrogens with zero attached hydrogens (tertiary/aromatic N) is 1. The maximum absolute atomic E-state index is 12.6. The lowest BCUT2D eigenvalue weighted by molar-refractivity contribution is -0.145. The fourth-order valence-corrected chi connectivity index (χ4v) is 3.19. The van der Waals surface area contributed by atoms with E-state index in [1.54, 1.807) is 0 Å². The molecule has 3 rings (SSSR count). The van der Waals surface area contributed by atoms with Crippen molar-refractivity contribution < 1.29 is 14.7 Å². The maximum Gasteiger partial charge on any atom is 0.323 e. The van der Waals surface area contributed by atoms with Crippen LogP contribution in [0.25, 0.3) is 11.1 Å². The van der Waals surface area contributed by atoms with Crippen LogP contribution in [0.2, 0.25) is 0 Å². The molecule has 2 aromatic carbocycles. The molecule has 25 heavy (non-hydrogen) atoms. The minimum Gasteiger partial charge on any atom is -0.480 e. The fraction of sp³-hybridized carbons (Fsp3) is 0.300. The Hall–Kier alpha value is -2.66. The molecule has 2 N–H and O–H groups in total. The average Bonchev–Trinajstić information content (AvgIpc) is 3.15. The maximum atomic E-state index is 12.6. The van der Waals surface area contributed by atoms with Crippen LogP contribution in [0.3, 0.4) is 0 Å². The summed E-state index contributed by atoms with van der Waals surface area (Å²) in [6.07, 6.45) is 1.02. The van der Waals surface area contributed by atoms with Crippen LogP contribution >= 0.6 is 0 Å². The lowest BCUT2D eigenvalue weighted by Crippen LogP contribution is -2.45. The van der Waals surface area contributed by atoms with Crippen molar-refractivity contribution in [3.63, 3.8) is 0 Å². The molecule has 1 saturated heterocycles. The minimum absolute atomic E-state index is 0.0350. The summed E-state index contributed by atoms with van der Waals surface area (Å²) < 4.78 is 0. The predicted molar refractivity (Wildman–Crippen MR) is 96.2 cm³/mol. The summed E-state index contributed by atoms with van der Waals surface area (Å²) in [5, 5.41) is 12.3. The van der Waals surface area contributed by atoms with Crippen LogP contribution in [-0.2, 0) is 16.0 Å². The van der Waals surface area contributed by atoms with Crippen LogP contribution in [0.5, 0.6) is 0 Å². The van der Waals surface area contributed by atoms with Gasteiger partial charge in [-0.3, -0.25) is 9.59 Å². The fourth-order valence-electron chi connectivity index (χ4n) is 3.19. The zero-order valence-corrected chi connectivity index (χ0v) is 14.0. The number of hydrogen-bond acceptors (Lipinski definition) is 3. The van der Waals surface area contributed by atoms with Crippen LogP contribution in [0.15, 0.2) is 54.6 Å². The van der Waals surface area contributed by atoms with Crippen molar-refractivity contribution >= 4 is 11.9 Å². The highest BCUT2D eigenvalue weighted by atomic mass is 16.4. The molecule has 1 unspecified atom stereocenters. The third kappa shape index (κ3) is 4.45. The molecule has 0 radical (unpaired) electrons. The number of amides is 1. The lowest BCUT2D eigenvalue weighted by Gasteiger charge is -2.27. The Morgan fingerprint density at radius 1 is 1.04 bits per heavy atom. The summed E-state index contributed by atoms with van der Waals surface area (Å²) in [6, 6.07) is 17.9. The molecule has 1 fully saturated rings. The van der Waals surface area contributed by atoms with Crippen LogP contribution in [0.4, 0.5) is 0 Å². The largest absolute Gasteiger partial charge is 0.480 e. The zero-order chi connectivity index (χ0) is 17.6. The summed E-state index contributed by atoms with van der Waals surface area (Å²) in [5.41, 5.74) is 3.12. The molecule has 0 bridgehead atoms. The first kappa shape index (κ1) is 17.2. The van der Waals surface area contributed by atoms with E-state index in [0.717, 1.165) is 29.7 Å². The van der Waals surface area contributed by atoms with E-state index in [1.165, 1.54) is 4.90 Å². The second-order valence-electron chi connectivity index (χ2n) is 6.30. The van der Waals surface area contributed by atoms with Crippen LogP contribution in [0.1, 0.15) is 12.0 Å². The number of carbonyl (C=O) groups is 2. The van der Waals surface area contributed by atoms with Gasteiger partial charge < -0.3 is 15.3 Å². The highest BCUT2D eigenvalue weighted by molar-refractivity contribution is 5.83. The van der Waals surface area contributed by atoms with E-state index in [0.29, 0.717) is 6.54 Å². The van der Waals surface area contributed by atoms with E-state index in [9.17, 15) is 9.59 Å². The first-order valence-electron chi connectivity index (χ1n) is 8.50. The first-order chi connectivity index (χ1) is 12.1. The SMILES string of the molecule is O=C(O)CN(C(=O)Cc1ccc(-c2ccccc2)cc1)C1CCNC1. The Labute approximate surface area is 147 Å². The second kappa shape index (κ2) is 7.94. The predicted octanol–water partition coefficient (Wildman–Crippen LogP) is 2.17. The van der Waals surface area contributed by atoms with Crippen LogP contribution in [0, 0.1) is 0 Å². The lowest BCUT2D eigenvalue weighted by atomic mass is 10.0. The molecule has 1 aliphatic rings. The van der Waals surface area contributed by atoms with E-state index in [2.05, 4.69) is 5.32 Å². The Bertz CT molecular complexity index is 722. The molecule has 1 atom stereocenters. The number of carboxylic acid groups (broad SMARTS) is 1. The third-order valence-electron chi connectivity index (χ3n) is 4.52. The van der Waals surface area contributed by atoms with Gasteiger partial charge in [-0.15, -0.1) is 0 Å². The molecule has 130 valence electrons. The van der Waals surface area contributed by atoms with E-state index < -0.39 is 5.97 Å². The summed E-state index contributed by atoms with van der Waals surface area (Å²) in [6.45, 7) is 1.24. The average molecular weight is 338 g/mol. The molecular weight excluding hydrogens is 316 g/mol. The number of nitrogens with one attached hydrogen (secondary N) is 1. The van der Waals surface area contributed by atoms with Gasteiger partial charge in [0.05, 0.1) is 6.42 Å². The Kier molecular flexibility index (Phi) is 5.46. The molecule has 1 heterocycles. The standard InChI is InChI=1S/C20H22N2O3/c23-19(22(14-20(24)25)18-10-11-21-13-18)12-15-6-8-17(9-7-15)16-4-2-1-3-5-16/h1-9,18,21H,10-14H2,(H,24,25). The monoisotopic (exact) mass is 338 g/mol. The normalized spacial score (nSPS) is 16.6. The minimum atomic E-state index is -0.973.